The first-order valence-electron chi connectivity index (χ1n) is 6.76. The summed E-state index contributed by atoms with van der Waals surface area (Å²) in [6, 6.07) is 6.42. The van der Waals surface area contributed by atoms with E-state index in [4.69, 9.17) is 0 Å². The van der Waals surface area contributed by atoms with Crippen molar-refractivity contribution in [2.45, 2.75) is 45.9 Å². The molecule has 4 heteroatoms. The number of hydrogen-bond donors (Lipinski definition) is 1. The lowest BCUT2D eigenvalue weighted by Crippen LogP contribution is -2.41. The Labute approximate surface area is 113 Å². The second-order valence-electron chi connectivity index (χ2n) is 5.54. The Kier molecular flexibility index (Phi) is 3.90. The van der Waals surface area contributed by atoms with Crippen LogP contribution in [0.25, 0.3) is 0 Å². The lowest BCUT2D eigenvalue weighted by molar-refractivity contribution is -0.132. The number of carbonyl (C=O) groups is 1. The van der Waals surface area contributed by atoms with Crippen LogP contribution in [0.1, 0.15) is 39.4 Å². The van der Waals surface area contributed by atoms with E-state index in [2.05, 4.69) is 19.2 Å². The smallest absolute Gasteiger partial charge is 0.241 e. The standard InChI is InChI=1S/C15H21FN2O/c1-9(2)11(4)18-14(17-10(3)15(18)19)12-7-5-6-8-13(12)16/h5-11,14,17H,1-4H3. The number of benzene rings is 1. The van der Waals surface area contributed by atoms with Crippen molar-refractivity contribution in [3.05, 3.63) is 35.6 Å². The van der Waals surface area contributed by atoms with E-state index in [1.54, 1.807) is 23.1 Å². The van der Waals surface area contributed by atoms with Crippen molar-refractivity contribution in [3.63, 3.8) is 0 Å². The average molecular weight is 264 g/mol. The number of amides is 1. The van der Waals surface area contributed by atoms with Gasteiger partial charge in [-0.15, -0.1) is 0 Å². The number of rotatable bonds is 3. The van der Waals surface area contributed by atoms with Gasteiger partial charge in [-0.25, -0.2) is 4.39 Å². The third-order valence-corrected chi connectivity index (χ3v) is 3.91. The molecule has 3 atom stereocenters. The first-order valence-corrected chi connectivity index (χ1v) is 6.76. The fourth-order valence-electron chi connectivity index (χ4n) is 2.43. The molecule has 1 saturated heterocycles. The average Bonchev–Trinajstić information content (AvgIpc) is 2.65. The molecule has 0 bridgehead atoms. The van der Waals surface area contributed by atoms with Gasteiger partial charge in [0.25, 0.3) is 0 Å². The molecular formula is C15H21FN2O. The van der Waals surface area contributed by atoms with E-state index >= 15 is 0 Å². The zero-order chi connectivity index (χ0) is 14.2. The first-order chi connectivity index (χ1) is 8.93. The fourth-order valence-corrected chi connectivity index (χ4v) is 2.43. The van der Waals surface area contributed by atoms with Crippen LogP contribution >= 0.6 is 0 Å². The van der Waals surface area contributed by atoms with Crippen molar-refractivity contribution < 1.29 is 9.18 Å². The molecule has 1 aromatic rings. The van der Waals surface area contributed by atoms with Crippen molar-refractivity contribution >= 4 is 5.91 Å². The van der Waals surface area contributed by atoms with Crippen LogP contribution in [0.4, 0.5) is 4.39 Å². The number of nitrogens with one attached hydrogen (secondary N) is 1. The predicted molar refractivity (Wildman–Crippen MR) is 72.9 cm³/mol. The monoisotopic (exact) mass is 264 g/mol. The molecule has 0 aromatic heterocycles. The SMILES string of the molecule is CC1NC(c2ccccc2F)N(C(C)C(C)C)C1=O. The number of halogens is 1. The second kappa shape index (κ2) is 5.29. The van der Waals surface area contributed by atoms with Gasteiger partial charge in [0.15, 0.2) is 0 Å². The molecule has 3 unspecified atom stereocenters. The lowest BCUT2D eigenvalue weighted by atomic mass is 10.0. The van der Waals surface area contributed by atoms with Crippen LogP contribution in [0.15, 0.2) is 24.3 Å². The van der Waals surface area contributed by atoms with Gasteiger partial charge in [-0.3, -0.25) is 10.1 Å². The maximum Gasteiger partial charge on any atom is 0.241 e. The van der Waals surface area contributed by atoms with Crippen LogP contribution in [0.5, 0.6) is 0 Å². The molecule has 1 fully saturated rings. The quantitative estimate of drug-likeness (QED) is 0.910. The van der Waals surface area contributed by atoms with Crippen molar-refractivity contribution in [2.24, 2.45) is 5.92 Å². The van der Waals surface area contributed by atoms with E-state index in [0.717, 1.165) is 0 Å². The van der Waals surface area contributed by atoms with Gasteiger partial charge in [-0.1, -0.05) is 32.0 Å². The Bertz CT molecular complexity index is 475. The third-order valence-electron chi connectivity index (χ3n) is 3.91. The van der Waals surface area contributed by atoms with Crippen LogP contribution in [0.2, 0.25) is 0 Å². The van der Waals surface area contributed by atoms with Crippen molar-refractivity contribution in [1.82, 2.24) is 10.2 Å². The third kappa shape index (κ3) is 2.50. The van der Waals surface area contributed by atoms with E-state index in [1.807, 2.05) is 13.8 Å². The zero-order valence-electron chi connectivity index (χ0n) is 11.9. The van der Waals surface area contributed by atoms with Crippen molar-refractivity contribution in [1.29, 1.82) is 0 Å². The molecule has 3 nitrogen and oxygen atoms in total. The van der Waals surface area contributed by atoms with Crippen LogP contribution in [-0.2, 0) is 4.79 Å². The number of hydrogen-bond acceptors (Lipinski definition) is 2. The van der Waals surface area contributed by atoms with Crippen molar-refractivity contribution in [3.8, 4) is 0 Å². The molecule has 1 heterocycles. The first kappa shape index (κ1) is 14.0. The molecule has 0 saturated carbocycles. The molecule has 0 spiro atoms. The number of nitrogens with zero attached hydrogens (tertiary/aromatic N) is 1. The van der Waals surface area contributed by atoms with Gasteiger partial charge in [0.2, 0.25) is 5.91 Å². The Morgan fingerprint density at radius 3 is 2.47 bits per heavy atom. The highest BCUT2D eigenvalue weighted by Gasteiger charge is 2.41. The van der Waals surface area contributed by atoms with E-state index < -0.39 is 0 Å². The maximum atomic E-state index is 14.0. The Hall–Kier alpha value is -1.42. The normalized spacial score (nSPS) is 25.2. The summed E-state index contributed by atoms with van der Waals surface area (Å²) in [6.45, 7) is 7.97. The summed E-state index contributed by atoms with van der Waals surface area (Å²) >= 11 is 0. The van der Waals surface area contributed by atoms with E-state index in [0.29, 0.717) is 11.5 Å². The summed E-state index contributed by atoms with van der Waals surface area (Å²) in [7, 11) is 0. The molecule has 1 aliphatic heterocycles. The minimum atomic E-state index is -0.374. The van der Waals surface area contributed by atoms with Crippen LogP contribution < -0.4 is 5.32 Å². The molecule has 19 heavy (non-hydrogen) atoms. The molecule has 1 aromatic carbocycles. The Balaban J connectivity index is 2.38. The van der Waals surface area contributed by atoms with Gasteiger partial charge in [-0.05, 0) is 25.8 Å². The summed E-state index contributed by atoms with van der Waals surface area (Å²) in [6.07, 6.45) is -0.374. The lowest BCUT2D eigenvalue weighted by Gasteiger charge is -2.33. The Morgan fingerprint density at radius 1 is 1.26 bits per heavy atom. The summed E-state index contributed by atoms with van der Waals surface area (Å²) in [5, 5.41) is 3.18. The molecule has 0 radical (unpaired) electrons. The summed E-state index contributed by atoms with van der Waals surface area (Å²) in [5.41, 5.74) is 0.535. The van der Waals surface area contributed by atoms with E-state index in [9.17, 15) is 9.18 Å². The maximum absolute atomic E-state index is 14.0. The van der Waals surface area contributed by atoms with Crippen LogP contribution in [0.3, 0.4) is 0 Å². The van der Waals surface area contributed by atoms with Crippen molar-refractivity contribution in [2.75, 3.05) is 0 Å². The molecule has 104 valence electrons. The molecule has 1 aliphatic rings. The molecule has 2 rings (SSSR count). The highest BCUT2D eigenvalue weighted by atomic mass is 19.1. The van der Waals surface area contributed by atoms with Crippen LogP contribution in [0, 0.1) is 11.7 Å². The summed E-state index contributed by atoms with van der Waals surface area (Å²) < 4.78 is 14.0. The summed E-state index contributed by atoms with van der Waals surface area (Å²) in [4.78, 5) is 14.1. The molecule has 0 aliphatic carbocycles. The highest BCUT2D eigenvalue weighted by Crippen LogP contribution is 2.31. The van der Waals surface area contributed by atoms with Gasteiger partial charge in [0.1, 0.15) is 12.0 Å². The van der Waals surface area contributed by atoms with Gasteiger partial charge >= 0.3 is 0 Å². The second-order valence-corrected chi connectivity index (χ2v) is 5.54. The van der Waals surface area contributed by atoms with E-state index in [-0.39, 0.29) is 30.0 Å². The fraction of sp³-hybridized carbons (Fsp3) is 0.533. The minimum absolute atomic E-state index is 0.0365. The topological polar surface area (TPSA) is 32.3 Å². The van der Waals surface area contributed by atoms with Gasteiger partial charge in [0, 0.05) is 11.6 Å². The van der Waals surface area contributed by atoms with Crippen LogP contribution in [-0.4, -0.2) is 22.9 Å². The van der Waals surface area contributed by atoms with Gasteiger partial charge in [-0.2, -0.15) is 0 Å². The molecule has 1 amide bonds. The summed E-state index contributed by atoms with van der Waals surface area (Å²) in [5.74, 6) is 0.0858. The van der Waals surface area contributed by atoms with Gasteiger partial charge in [0.05, 0.1) is 6.04 Å². The molecule has 1 N–H and O–H groups in total. The predicted octanol–water partition coefficient (Wildman–Crippen LogP) is 2.69. The molecular weight excluding hydrogens is 243 g/mol. The van der Waals surface area contributed by atoms with Gasteiger partial charge < -0.3 is 4.90 Å². The minimum Gasteiger partial charge on any atom is -0.318 e. The van der Waals surface area contributed by atoms with E-state index in [1.165, 1.54) is 6.07 Å². The zero-order valence-corrected chi connectivity index (χ0v) is 11.9. The highest BCUT2D eigenvalue weighted by molar-refractivity contribution is 5.84. The Morgan fingerprint density at radius 2 is 1.89 bits per heavy atom. The number of carbonyl (C=O) groups excluding carboxylic acids is 1. The largest absolute Gasteiger partial charge is 0.318 e.